The second-order valence-corrected chi connectivity index (χ2v) is 6.05. The summed E-state index contributed by atoms with van der Waals surface area (Å²) in [6, 6.07) is 8.01. The Morgan fingerprint density at radius 1 is 1.24 bits per heavy atom. The number of nitrogens with one attached hydrogen (secondary N) is 2. The van der Waals surface area contributed by atoms with Gasteiger partial charge in [-0.25, -0.2) is 0 Å². The quantitative estimate of drug-likeness (QED) is 0.894. The molecule has 4 heteroatoms. The molecule has 114 valence electrons. The molecule has 3 rings (SSSR count). The third-order valence-electron chi connectivity index (χ3n) is 4.49. The minimum Gasteiger partial charge on any atom is -0.368 e. The molecule has 0 aliphatic carbocycles. The van der Waals surface area contributed by atoms with Crippen molar-refractivity contribution in [2.45, 2.75) is 38.2 Å². The highest BCUT2D eigenvalue weighted by Gasteiger charge is 2.24. The van der Waals surface area contributed by atoms with E-state index in [9.17, 15) is 4.79 Å². The highest BCUT2D eigenvalue weighted by atomic mass is 16.5. The van der Waals surface area contributed by atoms with Crippen LogP contribution in [0.3, 0.4) is 0 Å². The second-order valence-electron chi connectivity index (χ2n) is 6.05. The van der Waals surface area contributed by atoms with E-state index in [0.717, 1.165) is 38.0 Å². The summed E-state index contributed by atoms with van der Waals surface area (Å²) in [6.45, 7) is 2.91. The molecule has 0 saturated carbocycles. The van der Waals surface area contributed by atoms with Crippen LogP contribution in [0, 0.1) is 5.92 Å². The first-order valence-corrected chi connectivity index (χ1v) is 8.04. The van der Waals surface area contributed by atoms with Gasteiger partial charge in [0.25, 0.3) is 5.91 Å². The highest BCUT2D eigenvalue weighted by Crippen LogP contribution is 2.23. The smallest absolute Gasteiger partial charge is 0.253 e. The number of benzene rings is 1. The summed E-state index contributed by atoms with van der Waals surface area (Å²) in [4.78, 5) is 12.2. The van der Waals surface area contributed by atoms with Gasteiger partial charge < -0.3 is 15.4 Å². The van der Waals surface area contributed by atoms with Crippen LogP contribution in [0.2, 0.25) is 0 Å². The van der Waals surface area contributed by atoms with Crippen LogP contribution in [-0.2, 0) is 16.0 Å². The molecular formula is C17H24N2O2. The van der Waals surface area contributed by atoms with E-state index in [1.54, 1.807) is 0 Å². The van der Waals surface area contributed by atoms with E-state index >= 15 is 0 Å². The van der Waals surface area contributed by atoms with Gasteiger partial charge in [-0.05, 0) is 62.7 Å². The summed E-state index contributed by atoms with van der Waals surface area (Å²) in [6.07, 6.45) is 4.93. The maximum atomic E-state index is 12.2. The van der Waals surface area contributed by atoms with Crippen molar-refractivity contribution in [2.24, 2.45) is 5.92 Å². The number of carbonyl (C=O) groups is 1. The maximum absolute atomic E-state index is 12.2. The number of piperidine rings is 1. The SMILES string of the molecule is O=C1Nc2ccccc2CCC1OCCC1CCCNC1. The van der Waals surface area contributed by atoms with Crippen molar-refractivity contribution in [2.75, 3.05) is 25.0 Å². The lowest BCUT2D eigenvalue weighted by Gasteiger charge is -2.23. The zero-order chi connectivity index (χ0) is 14.5. The molecular weight excluding hydrogens is 264 g/mol. The molecule has 1 saturated heterocycles. The summed E-state index contributed by atoms with van der Waals surface area (Å²) in [5, 5.41) is 6.40. The monoisotopic (exact) mass is 288 g/mol. The van der Waals surface area contributed by atoms with Crippen molar-refractivity contribution in [3.63, 3.8) is 0 Å². The number of carbonyl (C=O) groups excluding carboxylic acids is 1. The van der Waals surface area contributed by atoms with Crippen molar-refractivity contribution in [3.05, 3.63) is 29.8 Å². The van der Waals surface area contributed by atoms with Gasteiger partial charge in [0.15, 0.2) is 0 Å². The van der Waals surface area contributed by atoms with Crippen LogP contribution >= 0.6 is 0 Å². The highest BCUT2D eigenvalue weighted by molar-refractivity contribution is 5.95. The maximum Gasteiger partial charge on any atom is 0.253 e. The molecule has 2 atom stereocenters. The first kappa shape index (κ1) is 14.5. The molecule has 1 aromatic carbocycles. The number of ether oxygens (including phenoxy) is 1. The molecule has 1 fully saturated rings. The third-order valence-corrected chi connectivity index (χ3v) is 4.49. The average molecular weight is 288 g/mol. The lowest BCUT2D eigenvalue weighted by molar-refractivity contribution is -0.127. The first-order chi connectivity index (χ1) is 10.3. The lowest BCUT2D eigenvalue weighted by atomic mass is 9.97. The van der Waals surface area contributed by atoms with E-state index < -0.39 is 0 Å². The van der Waals surface area contributed by atoms with Crippen molar-refractivity contribution < 1.29 is 9.53 Å². The van der Waals surface area contributed by atoms with Crippen LogP contribution in [-0.4, -0.2) is 31.7 Å². The van der Waals surface area contributed by atoms with Gasteiger partial charge in [0.05, 0.1) is 0 Å². The number of aryl methyl sites for hydroxylation is 1. The number of hydrogen-bond acceptors (Lipinski definition) is 3. The molecule has 2 heterocycles. The Morgan fingerprint density at radius 3 is 3.00 bits per heavy atom. The molecule has 0 spiro atoms. The molecule has 21 heavy (non-hydrogen) atoms. The molecule has 2 aliphatic rings. The Bertz CT molecular complexity index is 483. The van der Waals surface area contributed by atoms with Gasteiger partial charge in [0.2, 0.25) is 0 Å². The molecule has 1 amide bonds. The normalized spacial score (nSPS) is 25.8. The number of para-hydroxylation sites is 1. The summed E-state index contributed by atoms with van der Waals surface area (Å²) in [5.41, 5.74) is 2.14. The molecule has 2 N–H and O–H groups in total. The van der Waals surface area contributed by atoms with Crippen LogP contribution in [0.4, 0.5) is 5.69 Å². The third kappa shape index (κ3) is 3.83. The van der Waals surface area contributed by atoms with E-state index in [-0.39, 0.29) is 12.0 Å². The van der Waals surface area contributed by atoms with Crippen molar-refractivity contribution in [1.82, 2.24) is 5.32 Å². The van der Waals surface area contributed by atoms with Gasteiger partial charge in [-0.2, -0.15) is 0 Å². The number of fused-ring (bicyclic) bond motifs is 1. The Hall–Kier alpha value is -1.39. The molecule has 0 bridgehead atoms. The van der Waals surface area contributed by atoms with Crippen molar-refractivity contribution in [1.29, 1.82) is 0 Å². The van der Waals surface area contributed by atoms with Crippen LogP contribution in [0.1, 0.15) is 31.2 Å². The van der Waals surface area contributed by atoms with Crippen molar-refractivity contribution in [3.8, 4) is 0 Å². The number of rotatable bonds is 4. The zero-order valence-corrected chi connectivity index (χ0v) is 12.4. The van der Waals surface area contributed by atoms with Gasteiger partial charge >= 0.3 is 0 Å². The van der Waals surface area contributed by atoms with Crippen LogP contribution in [0.5, 0.6) is 0 Å². The molecule has 2 unspecified atom stereocenters. The predicted molar refractivity (Wildman–Crippen MR) is 83.3 cm³/mol. The standard InChI is InChI=1S/C17H24N2O2/c20-17-16(21-11-9-13-4-3-10-18-12-13)8-7-14-5-1-2-6-15(14)19-17/h1-2,5-6,13,16,18H,3-4,7-12H2,(H,19,20). The summed E-state index contributed by atoms with van der Waals surface area (Å²) < 4.78 is 5.87. The van der Waals surface area contributed by atoms with Gasteiger partial charge in [-0.1, -0.05) is 18.2 Å². The summed E-state index contributed by atoms with van der Waals surface area (Å²) in [5.74, 6) is 0.700. The largest absolute Gasteiger partial charge is 0.368 e. The van der Waals surface area contributed by atoms with Gasteiger partial charge in [-0.3, -0.25) is 4.79 Å². The fraction of sp³-hybridized carbons (Fsp3) is 0.588. The fourth-order valence-electron chi connectivity index (χ4n) is 3.20. The van der Waals surface area contributed by atoms with E-state index in [4.69, 9.17) is 4.74 Å². The van der Waals surface area contributed by atoms with E-state index in [2.05, 4.69) is 16.7 Å². The minimum atomic E-state index is -0.311. The molecule has 1 aromatic rings. The van der Waals surface area contributed by atoms with Gasteiger partial charge in [0.1, 0.15) is 6.10 Å². The van der Waals surface area contributed by atoms with Crippen molar-refractivity contribution >= 4 is 11.6 Å². The number of hydrogen-bond donors (Lipinski definition) is 2. The Balaban J connectivity index is 1.49. The first-order valence-electron chi connectivity index (χ1n) is 8.04. The molecule has 2 aliphatic heterocycles. The van der Waals surface area contributed by atoms with E-state index in [0.29, 0.717) is 12.5 Å². The zero-order valence-electron chi connectivity index (χ0n) is 12.4. The molecule has 0 aromatic heterocycles. The topological polar surface area (TPSA) is 50.4 Å². The number of amides is 1. The van der Waals surface area contributed by atoms with E-state index in [1.807, 2.05) is 18.2 Å². The van der Waals surface area contributed by atoms with Crippen LogP contribution in [0.25, 0.3) is 0 Å². The minimum absolute atomic E-state index is 0.00159. The van der Waals surface area contributed by atoms with Crippen LogP contribution in [0.15, 0.2) is 24.3 Å². The second kappa shape index (κ2) is 7.05. The summed E-state index contributed by atoms with van der Waals surface area (Å²) >= 11 is 0. The number of anilines is 1. The Kier molecular flexibility index (Phi) is 4.88. The van der Waals surface area contributed by atoms with Gasteiger partial charge in [-0.15, -0.1) is 0 Å². The average Bonchev–Trinajstić information content (AvgIpc) is 2.68. The lowest BCUT2D eigenvalue weighted by Crippen LogP contribution is -2.32. The molecule has 0 radical (unpaired) electrons. The Labute approximate surface area is 126 Å². The van der Waals surface area contributed by atoms with Gasteiger partial charge in [0, 0.05) is 12.3 Å². The summed E-state index contributed by atoms with van der Waals surface area (Å²) in [7, 11) is 0. The van der Waals surface area contributed by atoms with Crippen LogP contribution < -0.4 is 10.6 Å². The fourth-order valence-corrected chi connectivity index (χ4v) is 3.20. The van der Waals surface area contributed by atoms with E-state index in [1.165, 1.54) is 18.4 Å². The predicted octanol–water partition coefficient (Wildman–Crippen LogP) is 2.35. The molecule has 4 nitrogen and oxygen atoms in total. The Morgan fingerprint density at radius 2 is 2.14 bits per heavy atom.